The zero-order valence-electron chi connectivity index (χ0n) is 14.7. The molecule has 128 valence electrons. The van der Waals surface area contributed by atoms with Crippen molar-refractivity contribution in [2.24, 2.45) is 10.9 Å². The van der Waals surface area contributed by atoms with E-state index in [4.69, 9.17) is 9.47 Å². The van der Waals surface area contributed by atoms with Gasteiger partial charge in [0, 0.05) is 33.2 Å². The van der Waals surface area contributed by atoms with Gasteiger partial charge in [-0.2, -0.15) is 0 Å². The molecule has 1 saturated heterocycles. The summed E-state index contributed by atoms with van der Waals surface area (Å²) in [5.74, 6) is 2.40. The molecule has 1 aromatic rings. The predicted octanol–water partition coefficient (Wildman–Crippen LogP) is 2.31. The number of rotatable bonds is 6. The van der Waals surface area contributed by atoms with E-state index in [1.165, 1.54) is 5.56 Å². The molecule has 0 bridgehead atoms. The summed E-state index contributed by atoms with van der Waals surface area (Å²) in [5.41, 5.74) is 1.21. The first-order valence-electron chi connectivity index (χ1n) is 8.31. The van der Waals surface area contributed by atoms with Crippen molar-refractivity contribution >= 4 is 5.96 Å². The number of guanidine groups is 1. The van der Waals surface area contributed by atoms with Gasteiger partial charge in [-0.3, -0.25) is 4.99 Å². The van der Waals surface area contributed by atoms with Gasteiger partial charge in [0.1, 0.15) is 11.9 Å². The van der Waals surface area contributed by atoms with Crippen LogP contribution in [0, 0.1) is 12.8 Å². The van der Waals surface area contributed by atoms with Gasteiger partial charge in [-0.1, -0.05) is 12.1 Å². The van der Waals surface area contributed by atoms with E-state index in [2.05, 4.69) is 48.2 Å². The van der Waals surface area contributed by atoms with Crippen LogP contribution in [-0.2, 0) is 4.74 Å². The third kappa shape index (κ3) is 5.75. The molecule has 0 saturated carbocycles. The first-order chi connectivity index (χ1) is 11.1. The van der Waals surface area contributed by atoms with Crippen LogP contribution in [0.3, 0.4) is 0 Å². The van der Waals surface area contributed by atoms with Crippen molar-refractivity contribution in [1.82, 2.24) is 10.2 Å². The second kappa shape index (κ2) is 8.77. The highest BCUT2D eigenvalue weighted by Crippen LogP contribution is 2.14. The van der Waals surface area contributed by atoms with Crippen LogP contribution in [0.5, 0.6) is 5.75 Å². The molecule has 0 spiro atoms. The second-order valence-electron chi connectivity index (χ2n) is 6.28. The molecular formula is C18H29N3O2. The Balaban J connectivity index is 1.77. The molecule has 2 rings (SSSR count). The number of aryl methyl sites for hydroxylation is 1. The topological polar surface area (TPSA) is 46.1 Å². The van der Waals surface area contributed by atoms with E-state index >= 15 is 0 Å². The molecular weight excluding hydrogens is 290 g/mol. The van der Waals surface area contributed by atoms with Crippen LogP contribution in [0.15, 0.2) is 29.3 Å². The molecule has 1 fully saturated rings. The fourth-order valence-corrected chi connectivity index (χ4v) is 2.78. The molecule has 0 amide bonds. The van der Waals surface area contributed by atoms with Crippen LogP contribution in [0.25, 0.3) is 0 Å². The maximum absolute atomic E-state index is 5.95. The van der Waals surface area contributed by atoms with Gasteiger partial charge in [0.2, 0.25) is 0 Å². The number of nitrogens with one attached hydrogen (secondary N) is 1. The Labute approximate surface area is 139 Å². The van der Waals surface area contributed by atoms with E-state index in [0.717, 1.165) is 37.9 Å². The van der Waals surface area contributed by atoms with Crippen LogP contribution < -0.4 is 10.1 Å². The Morgan fingerprint density at radius 1 is 1.52 bits per heavy atom. The van der Waals surface area contributed by atoms with Crippen LogP contribution >= 0.6 is 0 Å². The molecule has 1 aromatic carbocycles. The van der Waals surface area contributed by atoms with Crippen LogP contribution in [0.1, 0.15) is 18.9 Å². The van der Waals surface area contributed by atoms with Gasteiger partial charge in [-0.25, -0.2) is 0 Å². The van der Waals surface area contributed by atoms with E-state index in [1.54, 1.807) is 0 Å². The van der Waals surface area contributed by atoms with E-state index in [-0.39, 0.29) is 6.10 Å². The molecule has 23 heavy (non-hydrogen) atoms. The smallest absolute Gasteiger partial charge is 0.193 e. The maximum Gasteiger partial charge on any atom is 0.193 e. The van der Waals surface area contributed by atoms with Crippen molar-refractivity contribution in [2.75, 3.05) is 40.4 Å². The normalized spacial score (nSPS) is 19.5. The van der Waals surface area contributed by atoms with Gasteiger partial charge in [0.15, 0.2) is 5.96 Å². The molecule has 2 unspecified atom stereocenters. The number of hydrogen-bond donors (Lipinski definition) is 1. The molecule has 1 N–H and O–H groups in total. The molecule has 5 heteroatoms. The van der Waals surface area contributed by atoms with Crippen LogP contribution in [0.2, 0.25) is 0 Å². The standard InChI is InChI=1S/C18H29N3O2/c1-14-6-5-7-17(10-14)23-15(2)11-20-18(19-3)21(4)12-16-8-9-22-13-16/h5-7,10,15-16H,8-9,11-13H2,1-4H3,(H,19,20). The first-order valence-corrected chi connectivity index (χ1v) is 8.31. The third-order valence-electron chi connectivity index (χ3n) is 4.00. The summed E-state index contributed by atoms with van der Waals surface area (Å²) in [5, 5.41) is 3.39. The lowest BCUT2D eigenvalue weighted by molar-refractivity contribution is 0.180. The van der Waals surface area contributed by atoms with Crippen molar-refractivity contribution in [1.29, 1.82) is 0 Å². The number of nitrogens with zero attached hydrogens (tertiary/aromatic N) is 2. The lowest BCUT2D eigenvalue weighted by atomic mass is 10.1. The van der Waals surface area contributed by atoms with Gasteiger partial charge in [0.25, 0.3) is 0 Å². The summed E-state index contributed by atoms with van der Waals surface area (Å²) in [6.45, 7) is 7.55. The maximum atomic E-state index is 5.95. The molecule has 0 aromatic heterocycles. The number of aliphatic imine (C=N–C) groups is 1. The number of hydrogen-bond acceptors (Lipinski definition) is 3. The zero-order valence-corrected chi connectivity index (χ0v) is 14.7. The molecule has 1 aliphatic rings. The quantitative estimate of drug-likeness (QED) is 0.645. The lowest BCUT2D eigenvalue weighted by Gasteiger charge is -2.25. The fourth-order valence-electron chi connectivity index (χ4n) is 2.78. The van der Waals surface area contributed by atoms with E-state index < -0.39 is 0 Å². The Morgan fingerprint density at radius 2 is 2.35 bits per heavy atom. The predicted molar refractivity (Wildman–Crippen MR) is 94.2 cm³/mol. The highest BCUT2D eigenvalue weighted by atomic mass is 16.5. The monoisotopic (exact) mass is 319 g/mol. The van der Waals surface area contributed by atoms with Gasteiger partial charge in [-0.15, -0.1) is 0 Å². The van der Waals surface area contributed by atoms with Crippen molar-refractivity contribution in [3.8, 4) is 5.75 Å². The van der Waals surface area contributed by atoms with Crippen molar-refractivity contribution in [3.05, 3.63) is 29.8 Å². The van der Waals surface area contributed by atoms with Gasteiger partial charge < -0.3 is 19.7 Å². The van der Waals surface area contributed by atoms with Crippen molar-refractivity contribution in [3.63, 3.8) is 0 Å². The van der Waals surface area contributed by atoms with Gasteiger partial charge in [-0.05, 0) is 38.0 Å². The van der Waals surface area contributed by atoms with Gasteiger partial charge >= 0.3 is 0 Å². The SMILES string of the molecule is CN=C(NCC(C)Oc1cccc(C)c1)N(C)CC1CCOC1. The number of benzene rings is 1. The van der Waals surface area contributed by atoms with Crippen LogP contribution in [0.4, 0.5) is 0 Å². The summed E-state index contributed by atoms with van der Waals surface area (Å²) in [7, 11) is 3.88. The Hall–Kier alpha value is -1.75. The fraction of sp³-hybridized carbons (Fsp3) is 0.611. The van der Waals surface area contributed by atoms with E-state index in [1.807, 2.05) is 19.2 Å². The zero-order chi connectivity index (χ0) is 16.7. The van der Waals surface area contributed by atoms with E-state index in [0.29, 0.717) is 12.5 Å². The summed E-state index contributed by atoms with van der Waals surface area (Å²) < 4.78 is 11.4. The minimum atomic E-state index is 0.0664. The summed E-state index contributed by atoms with van der Waals surface area (Å²) in [6, 6.07) is 8.13. The minimum absolute atomic E-state index is 0.0664. The molecule has 0 radical (unpaired) electrons. The van der Waals surface area contributed by atoms with Gasteiger partial charge in [0.05, 0.1) is 13.2 Å². The lowest BCUT2D eigenvalue weighted by Crippen LogP contribution is -2.44. The van der Waals surface area contributed by atoms with Crippen molar-refractivity contribution < 1.29 is 9.47 Å². The molecule has 1 aliphatic heterocycles. The van der Waals surface area contributed by atoms with E-state index in [9.17, 15) is 0 Å². The Bertz CT molecular complexity index is 513. The van der Waals surface area contributed by atoms with Crippen molar-refractivity contribution in [2.45, 2.75) is 26.4 Å². The second-order valence-corrected chi connectivity index (χ2v) is 6.28. The number of ether oxygens (including phenoxy) is 2. The highest BCUT2D eigenvalue weighted by Gasteiger charge is 2.19. The molecule has 2 atom stereocenters. The summed E-state index contributed by atoms with van der Waals surface area (Å²) >= 11 is 0. The average Bonchev–Trinajstić information content (AvgIpc) is 3.00. The first kappa shape index (κ1) is 17.6. The molecule has 5 nitrogen and oxygen atoms in total. The Kier molecular flexibility index (Phi) is 6.71. The van der Waals surface area contributed by atoms with Crippen LogP contribution in [-0.4, -0.2) is 57.4 Å². The molecule has 1 heterocycles. The Morgan fingerprint density at radius 3 is 3.00 bits per heavy atom. The summed E-state index contributed by atoms with van der Waals surface area (Å²) in [6.07, 6.45) is 1.20. The largest absolute Gasteiger partial charge is 0.489 e. The third-order valence-corrected chi connectivity index (χ3v) is 4.00. The highest BCUT2D eigenvalue weighted by molar-refractivity contribution is 5.79. The summed E-state index contributed by atoms with van der Waals surface area (Å²) in [4.78, 5) is 6.52. The minimum Gasteiger partial charge on any atom is -0.489 e. The average molecular weight is 319 g/mol. The molecule has 0 aliphatic carbocycles.